The molecule has 0 amide bonds. The molecular formula is C34H27N3O5. The molecule has 0 bridgehead atoms. The van der Waals surface area contributed by atoms with Crippen molar-refractivity contribution in [3.8, 4) is 0 Å². The zero-order valence-corrected chi connectivity index (χ0v) is 22.6. The van der Waals surface area contributed by atoms with Gasteiger partial charge in [-0.3, -0.25) is 0 Å². The first-order chi connectivity index (χ1) is 20.5. The van der Waals surface area contributed by atoms with Crippen LogP contribution in [0.3, 0.4) is 0 Å². The summed E-state index contributed by atoms with van der Waals surface area (Å²) in [6.07, 6.45) is 1.43. The topological polar surface area (TPSA) is 118 Å². The number of carbonyl (C=O) groups is 2. The van der Waals surface area contributed by atoms with E-state index in [1.807, 2.05) is 66.7 Å². The minimum absolute atomic E-state index is 0.230. The van der Waals surface area contributed by atoms with E-state index in [4.69, 9.17) is 15.2 Å². The van der Waals surface area contributed by atoms with Gasteiger partial charge in [0.25, 0.3) is 0 Å². The monoisotopic (exact) mass is 557 g/mol. The number of anilines is 1. The van der Waals surface area contributed by atoms with Crippen LogP contribution >= 0.6 is 0 Å². The first-order valence-electron chi connectivity index (χ1n) is 13.2. The van der Waals surface area contributed by atoms with Gasteiger partial charge in [-0.1, -0.05) is 60.7 Å². The SMILES string of the molecule is Nc1ccc2cc(C(=O)OCc3ccccc3)ccc2n1.O=C(OCc1ccccc1)c1ccc2c(ccc[n+]2[O-])c1. The lowest BCUT2D eigenvalue weighted by Crippen LogP contribution is -2.25. The van der Waals surface area contributed by atoms with E-state index in [-0.39, 0.29) is 19.2 Å². The largest absolute Gasteiger partial charge is 0.618 e. The Balaban J connectivity index is 0.000000168. The Morgan fingerprint density at radius 3 is 1.86 bits per heavy atom. The molecule has 6 aromatic rings. The van der Waals surface area contributed by atoms with E-state index in [1.54, 1.807) is 54.6 Å². The molecule has 2 aromatic heterocycles. The number of nitrogens with zero attached hydrogens (tertiary/aromatic N) is 2. The average Bonchev–Trinajstić information content (AvgIpc) is 3.03. The van der Waals surface area contributed by atoms with Gasteiger partial charge < -0.3 is 20.4 Å². The lowest BCUT2D eigenvalue weighted by molar-refractivity contribution is -0.577. The van der Waals surface area contributed by atoms with E-state index in [9.17, 15) is 14.8 Å². The van der Waals surface area contributed by atoms with E-state index in [1.165, 1.54) is 6.20 Å². The van der Waals surface area contributed by atoms with Crippen LogP contribution in [0.5, 0.6) is 0 Å². The molecule has 0 unspecified atom stereocenters. The normalized spacial score (nSPS) is 10.5. The van der Waals surface area contributed by atoms with Gasteiger partial charge in [0.1, 0.15) is 19.0 Å². The van der Waals surface area contributed by atoms with Gasteiger partial charge in [-0.2, -0.15) is 4.73 Å². The first kappa shape index (κ1) is 27.8. The third-order valence-corrected chi connectivity index (χ3v) is 6.37. The highest BCUT2D eigenvalue weighted by Gasteiger charge is 2.11. The highest BCUT2D eigenvalue weighted by Crippen LogP contribution is 2.17. The molecule has 0 aliphatic carbocycles. The zero-order valence-electron chi connectivity index (χ0n) is 22.6. The van der Waals surface area contributed by atoms with Crippen LogP contribution in [-0.4, -0.2) is 16.9 Å². The molecule has 0 saturated carbocycles. The van der Waals surface area contributed by atoms with Gasteiger partial charge in [0.2, 0.25) is 5.52 Å². The van der Waals surface area contributed by atoms with Gasteiger partial charge >= 0.3 is 11.9 Å². The molecule has 0 fully saturated rings. The Labute approximate surface area is 242 Å². The van der Waals surface area contributed by atoms with Crippen LogP contribution in [0.2, 0.25) is 0 Å². The Kier molecular flexibility index (Phi) is 8.64. The summed E-state index contributed by atoms with van der Waals surface area (Å²) in [4.78, 5) is 28.3. The molecule has 0 spiro atoms. The molecule has 0 aliphatic heterocycles. The fraction of sp³-hybridized carbons (Fsp3) is 0.0588. The summed E-state index contributed by atoms with van der Waals surface area (Å²) < 4.78 is 11.3. The van der Waals surface area contributed by atoms with E-state index in [2.05, 4.69) is 4.98 Å². The predicted octanol–water partition coefficient (Wildman–Crippen LogP) is 6.00. The molecule has 0 aliphatic rings. The smallest absolute Gasteiger partial charge is 0.338 e. The second kappa shape index (κ2) is 13.1. The summed E-state index contributed by atoms with van der Waals surface area (Å²) in [6.45, 7) is 0.492. The Morgan fingerprint density at radius 1 is 0.667 bits per heavy atom. The van der Waals surface area contributed by atoms with Gasteiger partial charge in [0, 0.05) is 22.9 Å². The Morgan fingerprint density at radius 2 is 1.24 bits per heavy atom. The van der Waals surface area contributed by atoms with Crippen LogP contribution < -0.4 is 10.5 Å². The minimum atomic E-state index is -0.401. The number of aromatic nitrogens is 2. The quantitative estimate of drug-likeness (QED) is 0.151. The fourth-order valence-electron chi connectivity index (χ4n) is 4.20. The maximum absolute atomic E-state index is 12.1. The molecule has 0 saturated heterocycles. The second-order valence-electron chi connectivity index (χ2n) is 9.37. The molecule has 8 nitrogen and oxygen atoms in total. The summed E-state index contributed by atoms with van der Waals surface area (Å²) >= 11 is 0. The van der Waals surface area contributed by atoms with Crippen LogP contribution in [-0.2, 0) is 22.7 Å². The van der Waals surface area contributed by atoms with E-state index >= 15 is 0 Å². The van der Waals surface area contributed by atoms with Gasteiger partial charge in [-0.25, -0.2) is 14.6 Å². The van der Waals surface area contributed by atoms with Gasteiger partial charge in [-0.05, 0) is 59.7 Å². The number of carbonyl (C=O) groups excluding carboxylic acids is 2. The van der Waals surface area contributed by atoms with Crippen molar-refractivity contribution < 1.29 is 23.8 Å². The Hall–Kier alpha value is -5.76. The number of nitrogen functional groups attached to an aromatic ring is 1. The molecule has 6 rings (SSSR count). The Bertz CT molecular complexity index is 1840. The van der Waals surface area contributed by atoms with E-state index in [0.717, 1.165) is 26.8 Å². The standard InChI is InChI=1S/C17H14N2O2.C17H13NO3/c18-16-9-7-13-10-14(6-8-15(13)19-16)17(20)21-11-12-4-2-1-3-5-12;19-17(21-12-13-5-2-1-3-6-13)15-8-9-16-14(11-15)7-4-10-18(16)20/h1-10H,11H2,(H2,18,19);1-11H,12H2. The number of pyridine rings is 2. The number of ether oxygens (including phenoxy) is 2. The highest BCUT2D eigenvalue weighted by atomic mass is 16.5. The van der Waals surface area contributed by atoms with Crippen molar-refractivity contribution >= 4 is 39.6 Å². The van der Waals surface area contributed by atoms with Crippen molar-refractivity contribution in [2.24, 2.45) is 0 Å². The maximum atomic E-state index is 12.1. The molecule has 0 radical (unpaired) electrons. The molecule has 4 aromatic carbocycles. The molecule has 0 atom stereocenters. The van der Waals surface area contributed by atoms with Gasteiger partial charge in [-0.15, -0.1) is 0 Å². The van der Waals surface area contributed by atoms with Crippen LogP contribution in [0, 0.1) is 5.21 Å². The minimum Gasteiger partial charge on any atom is -0.618 e. The van der Waals surface area contributed by atoms with Gasteiger partial charge in [0.15, 0.2) is 6.20 Å². The number of hydrogen-bond acceptors (Lipinski definition) is 7. The molecule has 42 heavy (non-hydrogen) atoms. The van der Waals surface area contributed by atoms with Crippen molar-refractivity contribution in [1.82, 2.24) is 4.98 Å². The molecular weight excluding hydrogens is 530 g/mol. The average molecular weight is 558 g/mol. The molecule has 8 heteroatoms. The summed E-state index contributed by atoms with van der Waals surface area (Å²) in [5.74, 6) is -0.290. The number of rotatable bonds is 6. The number of benzene rings is 4. The zero-order chi connectivity index (χ0) is 29.3. The number of hydrogen-bond donors (Lipinski definition) is 1. The summed E-state index contributed by atoms with van der Waals surface area (Å²) in [6, 6.07) is 36.2. The van der Waals surface area contributed by atoms with Crippen molar-refractivity contribution in [2.45, 2.75) is 13.2 Å². The summed E-state index contributed by atoms with van der Waals surface area (Å²) in [5, 5.41) is 13.1. The predicted molar refractivity (Wildman–Crippen MR) is 160 cm³/mol. The third kappa shape index (κ3) is 7.05. The maximum Gasteiger partial charge on any atom is 0.338 e. The van der Waals surface area contributed by atoms with Crippen molar-refractivity contribution in [2.75, 3.05) is 5.73 Å². The number of nitrogens with two attached hydrogens (primary N) is 1. The second-order valence-corrected chi connectivity index (χ2v) is 9.37. The van der Waals surface area contributed by atoms with Gasteiger partial charge in [0.05, 0.1) is 16.6 Å². The molecule has 2 heterocycles. The van der Waals surface area contributed by atoms with E-state index < -0.39 is 5.97 Å². The third-order valence-electron chi connectivity index (χ3n) is 6.37. The van der Waals surface area contributed by atoms with Crippen molar-refractivity contribution in [1.29, 1.82) is 0 Å². The summed E-state index contributed by atoms with van der Waals surface area (Å²) in [7, 11) is 0. The summed E-state index contributed by atoms with van der Waals surface area (Å²) in [5.41, 5.74) is 9.75. The number of fused-ring (bicyclic) bond motifs is 2. The fourth-order valence-corrected chi connectivity index (χ4v) is 4.20. The van der Waals surface area contributed by atoms with Crippen molar-refractivity contribution in [3.05, 3.63) is 155 Å². The molecule has 2 N–H and O–H groups in total. The van der Waals surface area contributed by atoms with Crippen LogP contribution in [0.25, 0.3) is 21.8 Å². The van der Waals surface area contributed by atoms with E-state index in [0.29, 0.717) is 27.8 Å². The molecule has 208 valence electrons. The van der Waals surface area contributed by atoms with Crippen LogP contribution in [0.15, 0.2) is 128 Å². The lowest BCUT2D eigenvalue weighted by Gasteiger charge is -2.06. The van der Waals surface area contributed by atoms with Crippen LogP contribution in [0.4, 0.5) is 5.82 Å². The van der Waals surface area contributed by atoms with Crippen molar-refractivity contribution in [3.63, 3.8) is 0 Å². The first-order valence-corrected chi connectivity index (χ1v) is 13.2. The van der Waals surface area contributed by atoms with Crippen LogP contribution in [0.1, 0.15) is 31.8 Å². The number of esters is 2. The highest BCUT2D eigenvalue weighted by molar-refractivity contribution is 5.95. The lowest BCUT2D eigenvalue weighted by atomic mass is 10.1.